The van der Waals surface area contributed by atoms with Crippen molar-refractivity contribution in [2.45, 2.75) is 125 Å². The van der Waals surface area contributed by atoms with Crippen LogP contribution >= 0.6 is 0 Å². The lowest BCUT2D eigenvalue weighted by Crippen LogP contribution is -2.59. The van der Waals surface area contributed by atoms with Crippen molar-refractivity contribution in [1.82, 2.24) is 25.2 Å². The lowest BCUT2D eigenvalue weighted by molar-refractivity contribution is -0.142. The number of sulfonamides is 1. The zero-order chi connectivity index (χ0) is 36.5. The molecular formula is C39H53N5O7S. The average Bonchev–Trinajstić information content (AvgIpc) is 4.07. The Morgan fingerprint density at radius 1 is 1.08 bits per heavy atom. The molecule has 2 aromatic rings. The second-order valence-corrected chi connectivity index (χ2v) is 17.5. The van der Waals surface area contributed by atoms with Gasteiger partial charge in [-0.1, -0.05) is 44.6 Å². The average molecular weight is 736 g/mol. The van der Waals surface area contributed by atoms with Crippen LogP contribution in [0.1, 0.15) is 95.5 Å². The van der Waals surface area contributed by atoms with E-state index in [2.05, 4.69) is 33.0 Å². The number of methoxy groups -OCH3 is 1. The van der Waals surface area contributed by atoms with Gasteiger partial charge in [0.15, 0.2) is 0 Å². The molecule has 1 aromatic carbocycles. The Bertz CT molecular complexity index is 1790. The summed E-state index contributed by atoms with van der Waals surface area (Å²) in [5.41, 5.74) is -0.367. The molecule has 5 aliphatic rings. The standard InChI is InChI=1S/C39H53N5O7S/c1-3-28-23-39(28,38(47)43-52(48,49)30-15-16-30)42-35(45)32-22-29-24-44(32)37(46)34(25-12-9-7-10-13-25)40-18-11-6-4-5-8-14-27-20-31-26(21-33(27)50-2)17-19-41-36(31)51-29/h3,17,19-21,25,28-30,32,34,40H,1,4-16,18,22-24H2,2H3,(H,42,45)(H,43,47)/t28-,29-,32+,34+,39-/m1/s1. The summed E-state index contributed by atoms with van der Waals surface area (Å²) in [4.78, 5) is 48.9. The van der Waals surface area contributed by atoms with E-state index >= 15 is 0 Å². The number of carbonyl (C=O) groups excluding carboxylic acids is 3. The SMILES string of the molecule is C=C[C@@H]1C[C@]1(NC(=O)[C@@H]1C[C@@H]2CN1C(=O)[C@H](C1CCCCC1)NCCCCCCCc1cc3c(nccc3cc1OC)O2)C(=O)NS(=O)(=O)C1CC1. The molecule has 5 atom stereocenters. The zero-order valence-electron chi connectivity index (χ0n) is 30.2. The van der Waals surface area contributed by atoms with Gasteiger partial charge in [0.05, 0.1) is 24.9 Å². The van der Waals surface area contributed by atoms with Crippen LogP contribution in [-0.4, -0.2) is 85.2 Å². The molecule has 0 spiro atoms. The molecule has 52 heavy (non-hydrogen) atoms. The van der Waals surface area contributed by atoms with Gasteiger partial charge in [0.1, 0.15) is 23.4 Å². The molecule has 7 rings (SSSR count). The summed E-state index contributed by atoms with van der Waals surface area (Å²) in [7, 11) is -2.15. The Morgan fingerprint density at radius 2 is 1.83 bits per heavy atom. The number of hydrogen-bond donors (Lipinski definition) is 3. The number of hydrogen-bond acceptors (Lipinski definition) is 9. The lowest BCUT2D eigenvalue weighted by atomic mass is 9.83. The van der Waals surface area contributed by atoms with Gasteiger partial charge < -0.3 is 25.0 Å². The summed E-state index contributed by atoms with van der Waals surface area (Å²) >= 11 is 0. The van der Waals surface area contributed by atoms with Gasteiger partial charge in [-0.15, -0.1) is 6.58 Å². The number of aryl methyl sites for hydroxylation is 1. The van der Waals surface area contributed by atoms with Gasteiger partial charge in [-0.05, 0) is 93.0 Å². The quantitative estimate of drug-likeness (QED) is 0.337. The molecule has 1 saturated heterocycles. The molecule has 3 saturated carbocycles. The predicted octanol–water partition coefficient (Wildman–Crippen LogP) is 4.31. The molecule has 0 unspecified atom stereocenters. The molecule has 13 heteroatoms. The summed E-state index contributed by atoms with van der Waals surface area (Å²) in [5.74, 6) is -0.426. The number of amides is 3. The molecule has 4 bridgehead atoms. The molecule has 2 aliphatic heterocycles. The lowest BCUT2D eigenvalue weighted by Gasteiger charge is -2.35. The second-order valence-electron chi connectivity index (χ2n) is 15.5. The van der Waals surface area contributed by atoms with Crippen molar-refractivity contribution in [2.24, 2.45) is 11.8 Å². The van der Waals surface area contributed by atoms with E-state index in [9.17, 15) is 22.8 Å². The third-order valence-electron chi connectivity index (χ3n) is 11.9. The first-order valence-electron chi connectivity index (χ1n) is 19.3. The number of ether oxygens (including phenoxy) is 2. The van der Waals surface area contributed by atoms with Crippen molar-refractivity contribution in [1.29, 1.82) is 0 Å². The number of rotatable bonds is 8. The van der Waals surface area contributed by atoms with Crippen molar-refractivity contribution in [3.63, 3.8) is 0 Å². The fraction of sp³-hybridized carbons (Fsp3) is 0.641. The molecule has 3 amide bonds. The van der Waals surface area contributed by atoms with Crippen molar-refractivity contribution < 1.29 is 32.3 Å². The monoisotopic (exact) mass is 735 g/mol. The predicted molar refractivity (Wildman–Crippen MR) is 197 cm³/mol. The van der Waals surface area contributed by atoms with E-state index in [1.54, 1.807) is 24.3 Å². The molecule has 1 aromatic heterocycles. The smallest absolute Gasteiger partial charge is 0.259 e. The second kappa shape index (κ2) is 15.3. The molecular weight excluding hydrogens is 683 g/mol. The van der Waals surface area contributed by atoms with Crippen LogP contribution in [0, 0.1) is 11.8 Å². The van der Waals surface area contributed by atoms with E-state index in [1.165, 1.54) is 0 Å². The van der Waals surface area contributed by atoms with Gasteiger partial charge in [-0.3, -0.25) is 19.1 Å². The van der Waals surface area contributed by atoms with Gasteiger partial charge in [-0.2, -0.15) is 0 Å². The Morgan fingerprint density at radius 3 is 2.56 bits per heavy atom. The number of nitrogens with zero attached hydrogens (tertiary/aromatic N) is 2. The van der Waals surface area contributed by atoms with Crippen LogP contribution in [-0.2, 0) is 30.8 Å². The van der Waals surface area contributed by atoms with Crippen LogP contribution in [0.15, 0.2) is 37.1 Å². The molecule has 282 valence electrons. The minimum Gasteiger partial charge on any atom is -0.496 e. The highest BCUT2D eigenvalue weighted by Gasteiger charge is 2.62. The van der Waals surface area contributed by atoms with E-state index in [0.717, 1.165) is 92.7 Å². The summed E-state index contributed by atoms with van der Waals surface area (Å²) in [6.45, 7) is 4.71. The normalized spacial score (nSPS) is 29.1. The van der Waals surface area contributed by atoms with Crippen molar-refractivity contribution in [2.75, 3.05) is 20.2 Å². The molecule has 12 nitrogen and oxygen atoms in total. The number of pyridine rings is 1. The molecule has 4 fully saturated rings. The fourth-order valence-electron chi connectivity index (χ4n) is 8.58. The van der Waals surface area contributed by atoms with E-state index in [0.29, 0.717) is 25.3 Å². The van der Waals surface area contributed by atoms with E-state index in [4.69, 9.17) is 9.47 Å². The maximum absolute atomic E-state index is 14.7. The van der Waals surface area contributed by atoms with Crippen molar-refractivity contribution in [3.05, 3.63) is 42.6 Å². The van der Waals surface area contributed by atoms with Gasteiger partial charge in [0.25, 0.3) is 5.91 Å². The number of benzene rings is 1. The van der Waals surface area contributed by atoms with Gasteiger partial charge in [0.2, 0.25) is 27.7 Å². The first-order chi connectivity index (χ1) is 25.1. The van der Waals surface area contributed by atoms with Crippen molar-refractivity contribution in [3.8, 4) is 11.6 Å². The number of nitrogens with one attached hydrogen (secondary N) is 3. The van der Waals surface area contributed by atoms with Crippen LogP contribution in [0.3, 0.4) is 0 Å². The van der Waals surface area contributed by atoms with Gasteiger partial charge in [0, 0.05) is 23.9 Å². The maximum atomic E-state index is 14.7. The van der Waals surface area contributed by atoms with Crippen molar-refractivity contribution >= 4 is 38.5 Å². The highest BCUT2D eigenvalue weighted by atomic mass is 32.2. The number of fused-ring (bicyclic) bond motifs is 3. The number of aromatic nitrogens is 1. The Labute approximate surface area is 306 Å². The summed E-state index contributed by atoms with van der Waals surface area (Å²) in [6.07, 6.45) is 15.4. The Balaban J connectivity index is 1.20. The topological polar surface area (TPSA) is 156 Å². The summed E-state index contributed by atoms with van der Waals surface area (Å²) < 4.78 is 40.1. The first-order valence-corrected chi connectivity index (χ1v) is 20.8. The highest BCUT2D eigenvalue weighted by Crippen LogP contribution is 2.46. The van der Waals surface area contributed by atoms with Crippen LogP contribution < -0.4 is 24.8 Å². The molecule has 0 radical (unpaired) electrons. The number of carbonyl (C=O) groups is 3. The van der Waals surface area contributed by atoms with Crippen LogP contribution in [0.4, 0.5) is 0 Å². The third-order valence-corrected chi connectivity index (χ3v) is 13.7. The molecule has 3 aliphatic carbocycles. The zero-order valence-corrected chi connectivity index (χ0v) is 31.1. The van der Waals surface area contributed by atoms with E-state index < -0.39 is 56.7 Å². The Hall–Kier alpha value is -3.71. The van der Waals surface area contributed by atoms with E-state index in [-0.39, 0.29) is 31.2 Å². The minimum atomic E-state index is -3.84. The van der Waals surface area contributed by atoms with Gasteiger partial charge >= 0.3 is 0 Å². The van der Waals surface area contributed by atoms with Gasteiger partial charge in [-0.25, -0.2) is 13.4 Å². The molecule has 3 heterocycles. The summed E-state index contributed by atoms with van der Waals surface area (Å²) in [6, 6.07) is 4.64. The first kappa shape index (κ1) is 36.6. The third kappa shape index (κ3) is 7.67. The van der Waals surface area contributed by atoms with Crippen LogP contribution in [0.5, 0.6) is 11.6 Å². The minimum absolute atomic E-state index is 0.136. The molecule has 3 N–H and O–H groups in total. The fourth-order valence-corrected chi connectivity index (χ4v) is 9.94. The maximum Gasteiger partial charge on any atom is 0.259 e. The highest BCUT2D eigenvalue weighted by molar-refractivity contribution is 7.91. The Kier molecular flexibility index (Phi) is 10.8. The van der Waals surface area contributed by atoms with Crippen LogP contribution in [0.25, 0.3) is 10.8 Å². The largest absolute Gasteiger partial charge is 0.496 e. The van der Waals surface area contributed by atoms with E-state index in [1.807, 2.05) is 12.1 Å². The van der Waals surface area contributed by atoms with Crippen LogP contribution in [0.2, 0.25) is 0 Å². The summed E-state index contributed by atoms with van der Waals surface area (Å²) in [5, 5.41) is 7.71.